The Balaban J connectivity index is 3.61. The molecule has 0 atom stereocenters. The van der Waals surface area contributed by atoms with E-state index in [9.17, 15) is 0 Å². The molecule has 0 aliphatic heterocycles. The van der Waals surface area contributed by atoms with Crippen LogP contribution in [0.4, 0.5) is 0 Å². The van der Waals surface area contributed by atoms with Crippen molar-refractivity contribution < 1.29 is 9.47 Å². The van der Waals surface area contributed by atoms with Crippen LogP contribution >= 0.6 is 0 Å². The molecule has 2 nitrogen and oxygen atoms in total. The van der Waals surface area contributed by atoms with E-state index in [-0.39, 0.29) is 6.29 Å². The minimum absolute atomic E-state index is 0.182. The summed E-state index contributed by atoms with van der Waals surface area (Å²) in [6, 6.07) is 0. The molecule has 0 saturated heterocycles. The molecule has 0 fully saturated rings. The Morgan fingerprint density at radius 1 is 0.882 bits per heavy atom. The van der Waals surface area contributed by atoms with Crippen LogP contribution in [0.2, 0.25) is 0 Å². The van der Waals surface area contributed by atoms with Gasteiger partial charge < -0.3 is 9.47 Å². The molecule has 0 aromatic rings. The van der Waals surface area contributed by atoms with Crippen molar-refractivity contribution in [3.8, 4) is 0 Å². The maximum absolute atomic E-state index is 5.41. The molecule has 0 rings (SSSR count). The first-order valence-corrected chi connectivity index (χ1v) is 6.89. The lowest BCUT2D eigenvalue weighted by molar-refractivity contribution is -0.104. The average molecular weight is 240 g/mol. The average Bonchev–Trinajstić information content (AvgIpc) is 2.33. The summed E-state index contributed by atoms with van der Waals surface area (Å²) in [4.78, 5) is 0. The quantitative estimate of drug-likeness (QED) is 0.301. The lowest BCUT2D eigenvalue weighted by Crippen LogP contribution is -2.13. The van der Waals surface area contributed by atoms with Crippen LogP contribution in [-0.4, -0.2) is 19.5 Å². The summed E-state index contributed by atoms with van der Waals surface area (Å²) in [5.74, 6) is 0. The van der Waals surface area contributed by atoms with Gasteiger partial charge in [-0.2, -0.15) is 0 Å². The van der Waals surface area contributed by atoms with Gasteiger partial charge in [-0.05, 0) is 39.2 Å². The first-order chi connectivity index (χ1) is 8.35. The van der Waals surface area contributed by atoms with Gasteiger partial charge in [0.15, 0.2) is 6.29 Å². The van der Waals surface area contributed by atoms with Gasteiger partial charge in [0.1, 0.15) is 0 Å². The molecule has 0 aromatic heterocycles. The maximum atomic E-state index is 5.41. The topological polar surface area (TPSA) is 18.5 Å². The van der Waals surface area contributed by atoms with Crippen molar-refractivity contribution in [2.75, 3.05) is 13.2 Å². The fourth-order valence-corrected chi connectivity index (χ4v) is 1.48. The summed E-state index contributed by atoms with van der Waals surface area (Å²) in [6.07, 6.45) is 14.5. The Morgan fingerprint density at radius 3 is 2.18 bits per heavy atom. The minimum Gasteiger partial charge on any atom is -0.349 e. The predicted octanol–water partition coefficient (Wildman–Crippen LogP) is 4.47. The summed E-state index contributed by atoms with van der Waals surface area (Å²) in [5.41, 5.74) is 0. The molecule has 17 heavy (non-hydrogen) atoms. The molecule has 0 radical (unpaired) electrons. The molecule has 0 unspecified atom stereocenters. The van der Waals surface area contributed by atoms with Crippen molar-refractivity contribution in [3.05, 3.63) is 24.3 Å². The number of unbranched alkanes of at least 4 members (excludes halogenated alkanes) is 3. The van der Waals surface area contributed by atoms with Crippen LogP contribution < -0.4 is 0 Å². The Hall–Kier alpha value is -0.600. The van der Waals surface area contributed by atoms with Crippen molar-refractivity contribution in [2.45, 2.75) is 59.2 Å². The summed E-state index contributed by atoms with van der Waals surface area (Å²) in [7, 11) is 0. The molecule has 0 amide bonds. The van der Waals surface area contributed by atoms with Crippen LogP contribution in [0.25, 0.3) is 0 Å². The standard InChI is InChI=1S/C15H28O2/c1-4-7-8-9-10-11-12-13-14-15(16-5-2)17-6-3/h10-11,13-15H,4-9,12H2,1-3H3. The second-order valence-electron chi connectivity index (χ2n) is 3.91. The normalized spacial score (nSPS) is 12.2. The van der Waals surface area contributed by atoms with Gasteiger partial charge in [0.2, 0.25) is 0 Å². The zero-order chi connectivity index (χ0) is 12.8. The van der Waals surface area contributed by atoms with Gasteiger partial charge in [-0.3, -0.25) is 0 Å². The molecule has 2 heteroatoms. The molecule has 0 saturated carbocycles. The summed E-state index contributed by atoms with van der Waals surface area (Å²) < 4.78 is 10.8. The highest BCUT2D eigenvalue weighted by Gasteiger charge is 2.00. The largest absolute Gasteiger partial charge is 0.349 e. The molecule has 0 spiro atoms. The molecule has 0 N–H and O–H groups in total. The summed E-state index contributed by atoms with van der Waals surface area (Å²) >= 11 is 0. The third kappa shape index (κ3) is 11.7. The van der Waals surface area contributed by atoms with Crippen molar-refractivity contribution in [1.82, 2.24) is 0 Å². The fourth-order valence-electron chi connectivity index (χ4n) is 1.48. The minimum atomic E-state index is -0.182. The van der Waals surface area contributed by atoms with Gasteiger partial charge in [-0.25, -0.2) is 0 Å². The Labute approximate surface area is 107 Å². The van der Waals surface area contributed by atoms with Gasteiger partial charge in [-0.15, -0.1) is 0 Å². The highest BCUT2D eigenvalue weighted by molar-refractivity contribution is 4.94. The lowest BCUT2D eigenvalue weighted by Gasteiger charge is -2.11. The SMILES string of the molecule is CCCCCC=CCC=CC(OCC)OCC. The van der Waals surface area contributed by atoms with Gasteiger partial charge in [0.25, 0.3) is 0 Å². The fraction of sp³-hybridized carbons (Fsp3) is 0.733. The van der Waals surface area contributed by atoms with Gasteiger partial charge in [-0.1, -0.05) is 38.0 Å². The van der Waals surface area contributed by atoms with E-state index in [1.807, 2.05) is 19.9 Å². The lowest BCUT2D eigenvalue weighted by atomic mass is 10.2. The highest BCUT2D eigenvalue weighted by Crippen LogP contribution is 2.02. The molecular formula is C15H28O2. The smallest absolute Gasteiger partial charge is 0.176 e. The Morgan fingerprint density at radius 2 is 1.59 bits per heavy atom. The van der Waals surface area contributed by atoms with Crippen LogP contribution in [0.3, 0.4) is 0 Å². The molecule has 100 valence electrons. The molecule has 0 aliphatic rings. The van der Waals surface area contributed by atoms with Gasteiger partial charge >= 0.3 is 0 Å². The van der Waals surface area contributed by atoms with E-state index in [1.165, 1.54) is 25.7 Å². The van der Waals surface area contributed by atoms with E-state index in [4.69, 9.17) is 9.47 Å². The van der Waals surface area contributed by atoms with Crippen molar-refractivity contribution in [1.29, 1.82) is 0 Å². The first-order valence-electron chi connectivity index (χ1n) is 6.89. The van der Waals surface area contributed by atoms with Crippen molar-refractivity contribution in [3.63, 3.8) is 0 Å². The third-order valence-electron chi connectivity index (χ3n) is 2.37. The molecule has 0 bridgehead atoms. The van der Waals surface area contributed by atoms with Crippen molar-refractivity contribution in [2.24, 2.45) is 0 Å². The number of hydrogen-bond donors (Lipinski definition) is 0. The number of hydrogen-bond acceptors (Lipinski definition) is 2. The Kier molecular flexibility index (Phi) is 13.0. The van der Waals surface area contributed by atoms with Gasteiger partial charge in [0, 0.05) is 13.2 Å². The van der Waals surface area contributed by atoms with E-state index >= 15 is 0 Å². The third-order valence-corrected chi connectivity index (χ3v) is 2.37. The molecule has 0 aliphatic carbocycles. The van der Waals surface area contributed by atoms with E-state index in [2.05, 4.69) is 25.2 Å². The monoisotopic (exact) mass is 240 g/mol. The predicted molar refractivity (Wildman–Crippen MR) is 74.1 cm³/mol. The highest BCUT2D eigenvalue weighted by atomic mass is 16.7. The molecular weight excluding hydrogens is 212 g/mol. The van der Waals surface area contributed by atoms with Crippen molar-refractivity contribution >= 4 is 0 Å². The van der Waals surface area contributed by atoms with E-state index in [1.54, 1.807) is 0 Å². The number of ether oxygens (including phenoxy) is 2. The summed E-state index contributed by atoms with van der Waals surface area (Å²) in [5, 5.41) is 0. The van der Waals surface area contributed by atoms with Crippen LogP contribution in [-0.2, 0) is 9.47 Å². The second-order valence-corrected chi connectivity index (χ2v) is 3.91. The van der Waals surface area contributed by atoms with Crippen LogP contribution in [0, 0.1) is 0 Å². The molecule has 0 heterocycles. The van der Waals surface area contributed by atoms with E-state index < -0.39 is 0 Å². The maximum Gasteiger partial charge on any atom is 0.176 e. The van der Waals surface area contributed by atoms with E-state index in [0.717, 1.165) is 6.42 Å². The van der Waals surface area contributed by atoms with Crippen LogP contribution in [0.1, 0.15) is 52.9 Å². The molecule has 0 aromatic carbocycles. The zero-order valence-electron chi connectivity index (χ0n) is 11.7. The van der Waals surface area contributed by atoms with Crippen LogP contribution in [0.5, 0.6) is 0 Å². The number of allylic oxidation sites excluding steroid dienone is 3. The summed E-state index contributed by atoms with van der Waals surface area (Å²) in [6.45, 7) is 7.55. The zero-order valence-corrected chi connectivity index (χ0v) is 11.7. The number of rotatable bonds is 11. The van der Waals surface area contributed by atoms with Gasteiger partial charge in [0.05, 0.1) is 0 Å². The first kappa shape index (κ1) is 16.4. The second kappa shape index (κ2) is 13.5. The van der Waals surface area contributed by atoms with Crippen LogP contribution in [0.15, 0.2) is 24.3 Å². The Bertz CT molecular complexity index is 191. The van der Waals surface area contributed by atoms with E-state index in [0.29, 0.717) is 13.2 Å².